The fourth-order valence-corrected chi connectivity index (χ4v) is 4.41. The van der Waals surface area contributed by atoms with Crippen LogP contribution in [0.25, 0.3) is 11.3 Å². The fourth-order valence-electron chi connectivity index (χ4n) is 4.41. The van der Waals surface area contributed by atoms with Gasteiger partial charge in [-0.15, -0.1) is 0 Å². The number of hydrogen-bond donors (Lipinski definition) is 1. The van der Waals surface area contributed by atoms with Crippen molar-refractivity contribution in [2.24, 2.45) is 0 Å². The second kappa shape index (κ2) is 7.72. The molecular weight excluding hydrogens is 380 g/mol. The van der Waals surface area contributed by atoms with E-state index >= 15 is 0 Å². The molecule has 1 N–H and O–H groups in total. The Morgan fingerprint density at radius 3 is 3.00 bits per heavy atom. The van der Waals surface area contributed by atoms with Crippen LogP contribution < -0.4 is 5.32 Å². The maximum absolute atomic E-state index is 12.7. The lowest BCUT2D eigenvalue weighted by Gasteiger charge is -2.10. The van der Waals surface area contributed by atoms with Gasteiger partial charge in [-0.05, 0) is 50.8 Å². The van der Waals surface area contributed by atoms with E-state index in [1.807, 2.05) is 36.7 Å². The highest BCUT2D eigenvalue weighted by molar-refractivity contribution is 5.95. The Kier molecular flexibility index (Phi) is 4.90. The number of nitrogens with zero attached hydrogens (tertiary/aromatic N) is 3. The van der Waals surface area contributed by atoms with Crippen molar-refractivity contribution in [3.05, 3.63) is 58.4 Å². The maximum atomic E-state index is 12.7. The quantitative estimate of drug-likeness (QED) is 0.704. The summed E-state index contributed by atoms with van der Waals surface area (Å²) in [6.07, 6.45) is 5.87. The molecule has 3 aromatic heterocycles. The van der Waals surface area contributed by atoms with Gasteiger partial charge in [0.25, 0.3) is 5.91 Å². The molecular formula is C23H26N4O3. The summed E-state index contributed by atoms with van der Waals surface area (Å²) >= 11 is 0. The normalized spacial score (nSPS) is 17.6. The molecule has 1 saturated heterocycles. The first-order chi connectivity index (χ1) is 14.6. The van der Waals surface area contributed by atoms with E-state index in [-0.39, 0.29) is 12.0 Å². The van der Waals surface area contributed by atoms with Gasteiger partial charge in [0.2, 0.25) is 0 Å². The van der Waals surface area contributed by atoms with Gasteiger partial charge in [0.1, 0.15) is 5.76 Å². The molecule has 0 radical (unpaired) electrons. The first-order valence-corrected chi connectivity index (χ1v) is 10.6. The predicted octanol–water partition coefficient (Wildman–Crippen LogP) is 3.21. The van der Waals surface area contributed by atoms with Crippen molar-refractivity contribution in [2.45, 2.75) is 52.2 Å². The molecule has 0 spiro atoms. The largest absolute Gasteiger partial charge is 0.455 e. The fraction of sp³-hybridized carbons (Fsp3) is 0.435. The lowest BCUT2D eigenvalue weighted by Crippen LogP contribution is -2.31. The number of furan rings is 1. The number of aryl methyl sites for hydroxylation is 3. The smallest absolute Gasteiger partial charge is 0.287 e. The van der Waals surface area contributed by atoms with Crippen molar-refractivity contribution in [1.29, 1.82) is 0 Å². The first kappa shape index (κ1) is 19.1. The molecule has 1 aliphatic carbocycles. The zero-order chi connectivity index (χ0) is 20.7. The number of ether oxygens (including phenoxy) is 1. The lowest BCUT2D eigenvalue weighted by atomic mass is 9.93. The van der Waals surface area contributed by atoms with Crippen molar-refractivity contribution in [1.82, 2.24) is 20.1 Å². The predicted molar refractivity (Wildman–Crippen MR) is 111 cm³/mol. The number of nitrogens with one attached hydrogen (secondary N) is 1. The molecule has 1 unspecified atom stereocenters. The summed E-state index contributed by atoms with van der Waals surface area (Å²) in [4.78, 5) is 17.3. The van der Waals surface area contributed by atoms with E-state index in [4.69, 9.17) is 14.3 Å². The van der Waals surface area contributed by atoms with E-state index in [0.29, 0.717) is 18.8 Å². The highest BCUT2D eigenvalue weighted by Gasteiger charge is 2.30. The minimum Gasteiger partial charge on any atom is -0.455 e. The minimum atomic E-state index is -0.178. The Labute approximate surface area is 175 Å². The van der Waals surface area contributed by atoms with Crippen molar-refractivity contribution in [2.75, 3.05) is 13.2 Å². The van der Waals surface area contributed by atoms with Crippen LogP contribution >= 0.6 is 0 Å². The van der Waals surface area contributed by atoms with Crippen LogP contribution in [0.2, 0.25) is 0 Å². The van der Waals surface area contributed by atoms with Gasteiger partial charge in [0.15, 0.2) is 5.76 Å². The molecule has 2 aliphatic rings. The van der Waals surface area contributed by atoms with Gasteiger partial charge in [-0.2, -0.15) is 5.10 Å². The zero-order valence-electron chi connectivity index (χ0n) is 17.4. The van der Waals surface area contributed by atoms with Crippen LogP contribution in [0, 0.1) is 13.8 Å². The van der Waals surface area contributed by atoms with Crippen molar-refractivity contribution < 1.29 is 13.9 Å². The number of hydrogen-bond acceptors (Lipinski definition) is 5. The third-order valence-electron chi connectivity index (χ3n) is 5.91. The number of carbonyl (C=O) groups is 1. The molecule has 4 heterocycles. The molecule has 7 nitrogen and oxygen atoms in total. The summed E-state index contributed by atoms with van der Waals surface area (Å²) in [5.41, 5.74) is 5.90. The third-order valence-corrected chi connectivity index (χ3v) is 5.91. The summed E-state index contributed by atoms with van der Waals surface area (Å²) in [6.45, 7) is 5.85. The van der Waals surface area contributed by atoms with Crippen molar-refractivity contribution >= 4 is 5.91 Å². The van der Waals surface area contributed by atoms with E-state index in [1.54, 1.807) is 0 Å². The molecule has 0 aromatic carbocycles. The van der Waals surface area contributed by atoms with Crippen LogP contribution in [0.4, 0.5) is 0 Å². The van der Waals surface area contributed by atoms with Gasteiger partial charge >= 0.3 is 0 Å². The monoisotopic (exact) mass is 406 g/mol. The Morgan fingerprint density at radius 1 is 1.30 bits per heavy atom. The summed E-state index contributed by atoms with van der Waals surface area (Å²) in [5.74, 6) is 1.06. The molecule has 1 atom stereocenters. The maximum Gasteiger partial charge on any atom is 0.287 e. The zero-order valence-corrected chi connectivity index (χ0v) is 17.4. The first-order valence-electron chi connectivity index (χ1n) is 10.6. The van der Waals surface area contributed by atoms with Gasteiger partial charge in [-0.25, -0.2) is 0 Å². The minimum absolute atomic E-state index is 0.108. The number of fused-ring (bicyclic) bond motifs is 3. The molecule has 1 amide bonds. The number of rotatable bonds is 5. The van der Waals surface area contributed by atoms with Crippen molar-refractivity contribution in [3.63, 3.8) is 0 Å². The molecule has 0 saturated carbocycles. The number of aromatic nitrogens is 3. The Bertz CT molecular complexity index is 1090. The Hall–Kier alpha value is -2.93. The molecule has 1 aliphatic heterocycles. The van der Waals surface area contributed by atoms with Crippen LogP contribution in [0.5, 0.6) is 0 Å². The van der Waals surface area contributed by atoms with E-state index in [1.165, 1.54) is 5.56 Å². The topological polar surface area (TPSA) is 82.2 Å². The second-order valence-electron chi connectivity index (χ2n) is 8.17. The summed E-state index contributed by atoms with van der Waals surface area (Å²) in [6, 6.07) is 6.02. The number of carbonyl (C=O) groups excluding carboxylic acids is 1. The third kappa shape index (κ3) is 3.54. The second-order valence-corrected chi connectivity index (χ2v) is 8.17. The molecule has 30 heavy (non-hydrogen) atoms. The summed E-state index contributed by atoms with van der Waals surface area (Å²) in [7, 11) is 0. The highest BCUT2D eigenvalue weighted by Crippen LogP contribution is 2.38. The highest BCUT2D eigenvalue weighted by atomic mass is 16.5. The number of pyridine rings is 1. The van der Waals surface area contributed by atoms with Gasteiger partial charge in [-0.1, -0.05) is 6.07 Å². The average molecular weight is 406 g/mol. The molecule has 156 valence electrons. The molecule has 1 fully saturated rings. The molecule has 3 aromatic rings. The SMILES string of the molecule is Cc1cccc(Cn2cc3c(n2)-c2c(oc(C(=O)NCC4CCCO4)c2C)CC3)n1. The van der Waals surface area contributed by atoms with Crippen LogP contribution in [0.3, 0.4) is 0 Å². The average Bonchev–Trinajstić information content (AvgIpc) is 3.44. The summed E-state index contributed by atoms with van der Waals surface area (Å²) < 4.78 is 13.5. The van der Waals surface area contributed by atoms with Crippen LogP contribution in [-0.4, -0.2) is 39.9 Å². The van der Waals surface area contributed by atoms with E-state index in [0.717, 1.165) is 66.3 Å². The van der Waals surface area contributed by atoms with Gasteiger partial charge in [-0.3, -0.25) is 14.5 Å². The number of amides is 1. The van der Waals surface area contributed by atoms with Gasteiger partial charge in [0, 0.05) is 42.6 Å². The van der Waals surface area contributed by atoms with E-state index in [2.05, 4.69) is 16.5 Å². The van der Waals surface area contributed by atoms with Crippen LogP contribution in [-0.2, 0) is 24.1 Å². The lowest BCUT2D eigenvalue weighted by molar-refractivity contribution is 0.0833. The summed E-state index contributed by atoms with van der Waals surface area (Å²) in [5, 5.41) is 7.79. The van der Waals surface area contributed by atoms with E-state index < -0.39 is 0 Å². The Morgan fingerprint density at radius 2 is 2.20 bits per heavy atom. The van der Waals surface area contributed by atoms with Crippen LogP contribution in [0.1, 0.15) is 51.7 Å². The Balaban J connectivity index is 1.38. The van der Waals surface area contributed by atoms with Gasteiger partial charge < -0.3 is 14.5 Å². The molecule has 7 heteroatoms. The van der Waals surface area contributed by atoms with Crippen molar-refractivity contribution in [3.8, 4) is 11.3 Å². The molecule has 5 rings (SSSR count). The van der Waals surface area contributed by atoms with Gasteiger partial charge in [0.05, 0.1) is 24.0 Å². The van der Waals surface area contributed by atoms with Crippen LogP contribution in [0.15, 0.2) is 28.8 Å². The standard InChI is InChI=1S/C23H26N4O3/c1-14-5-3-6-17(25-14)13-27-12-16-8-9-19-20(21(16)26-27)15(2)22(30-19)23(28)24-11-18-7-4-10-29-18/h3,5-6,12,18H,4,7-11,13H2,1-2H3,(H,24,28). The molecule has 0 bridgehead atoms. The van der Waals surface area contributed by atoms with E-state index in [9.17, 15) is 4.79 Å².